The Morgan fingerprint density at radius 3 is 2.09 bits per heavy atom. The van der Waals surface area contributed by atoms with E-state index >= 15 is 0 Å². The molecule has 2 aromatic rings. The maximum absolute atomic E-state index is 11.8. The zero-order valence-electron chi connectivity index (χ0n) is 11.7. The van der Waals surface area contributed by atoms with E-state index in [1.54, 1.807) is 12.1 Å². The molecule has 0 heterocycles. The first-order valence-electron chi connectivity index (χ1n) is 6.71. The maximum Gasteiger partial charge on any atom is 0.303 e. The number of carbonyl (C=O) groups is 1. The Labute approximate surface area is 134 Å². The SMILES string of the molecule is O=C(O)CCC(c1ccc(-c2ccccc2)cc1)S(=O)(O)=S. The zero-order valence-corrected chi connectivity index (χ0v) is 13.3. The highest BCUT2D eigenvalue weighted by molar-refractivity contribution is 8.29. The van der Waals surface area contributed by atoms with Gasteiger partial charge in [-0.05, 0) is 23.1 Å². The highest BCUT2D eigenvalue weighted by Gasteiger charge is 2.22. The molecule has 116 valence electrons. The van der Waals surface area contributed by atoms with E-state index in [-0.39, 0.29) is 12.8 Å². The Morgan fingerprint density at radius 2 is 1.59 bits per heavy atom. The summed E-state index contributed by atoms with van der Waals surface area (Å²) < 4.78 is 21.5. The van der Waals surface area contributed by atoms with E-state index in [0.717, 1.165) is 11.1 Å². The van der Waals surface area contributed by atoms with Crippen molar-refractivity contribution >= 4 is 25.9 Å². The topological polar surface area (TPSA) is 74.6 Å². The van der Waals surface area contributed by atoms with Gasteiger partial charge < -0.3 is 9.66 Å². The van der Waals surface area contributed by atoms with Gasteiger partial charge in [0.1, 0.15) is 8.77 Å². The van der Waals surface area contributed by atoms with Crippen LogP contribution in [-0.2, 0) is 24.8 Å². The van der Waals surface area contributed by atoms with Gasteiger partial charge in [-0.1, -0.05) is 54.6 Å². The summed E-state index contributed by atoms with van der Waals surface area (Å²) in [5.74, 6) is -1.01. The van der Waals surface area contributed by atoms with Crippen LogP contribution in [0.1, 0.15) is 23.7 Å². The molecule has 0 radical (unpaired) electrons. The van der Waals surface area contributed by atoms with Gasteiger partial charge in [-0.3, -0.25) is 4.79 Å². The molecule has 0 fully saturated rings. The van der Waals surface area contributed by atoms with Crippen molar-refractivity contribution in [3.05, 3.63) is 60.2 Å². The van der Waals surface area contributed by atoms with Gasteiger partial charge in [0.15, 0.2) is 0 Å². The quantitative estimate of drug-likeness (QED) is 0.845. The molecular weight excluding hydrogens is 320 g/mol. The van der Waals surface area contributed by atoms with Crippen molar-refractivity contribution in [2.45, 2.75) is 18.1 Å². The van der Waals surface area contributed by atoms with Crippen molar-refractivity contribution in [3.8, 4) is 11.1 Å². The minimum absolute atomic E-state index is 0.0405. The lowest BCUT2D eigenvalue weighted by atomic mass is 10.0. The fourth-order valence-electron chi connectivity index (χ4n) is 2.26. The van der Waals surface area contributed by atoms with Gasteiger partial charge in [-0.25, -0.2) is 4.21 Å². The zero-order chi connectivity index (χ0) is 16.2. The first kappa shape index (κ1) is 16.6. The summed E-state index contributed by atoms with van der Waals surface area (Å²) in [4.78, 5) is 10.7. The van der Waals surface area contributed by atoms with Gasteiger partial charge in [0.25, 0.3) is 0 Å². The van der Waals surface area contributed by atoms with Crippen molar-refractivity contribution in [2.75, 3.05) is 0 Å². The molecule has 0 aliphatic carbocycles. The average Bonchev–Trinajstić information content (AvgIpc) is 2.47. The summed E-state index contributed by atoms with van der Waals surface area (Å²) in [6.45, 7) is 0. The van der Waals surface area contributed by atoms with Crippen LogP contribution < -0.4 is 0 Å². The number of benzene rings is 2. The fourth-order valence-corrected chi connectivity index (χ4v) is 3.80. The predicted octanol–water partition coefficient (Wildman–Crippen LogP) is 3.48. The summed E-state index contributed by atoms with van der Waals surface area (Å²) in [5, 5.41) is 7.90. The molecule has 2 N–H and O–H groups in total. The van der Waals surface area contributed by atoms with Crippen molar-refractivity contribution in [1.82, 2.24) is 0 Å². The summed E-state index contributed by atoms with van der Waals surface area (Å²) in [5.41, 5.74) is 2.61. The van der Waals surface area contributed by atoms with Gasteiger partial charge in [0.2, 0.25) is 0 Å². The highest BCUT2D eigenvalue weighted by Crippen LogP contribution is 2.29. The van der Waals surface area contributed by atoms with Crippen molar-refractivity contribution in [2.24, 2.45) is 0 Å². The van der Waals surface area contributed by atoms with E-state index < -0.39 is 20.0 Å². The van der Waals surface area contributed by atoms with Gasteiger partial charge in [0, 0.05) is 17.6 Å². The van der Waals surface area contributed by atoms with Crippen molar-refractivity contribution in [3.63, 3.8) is 0 Å². The van der Waals surface area contributed by atoms with E-state index in [4.69, 9.17) is 5.11 Å². The highest BCUT2D eigenvalue weighted by atomic mass is 32.8. The number of rotatable bonds is 6. The molecule has 2 unspecified atom stereocenters. The van der Waals surface area contributed by atoms with Gasteiger partial charge in [-0.15, -0.1) is 0 Å². The third-order valence-electron chi connectivity index (χ3n) is 3.37. The third-order valence-corrected chi connectivity index (χ3v) is 5.29. The second-order valence-electron chi connectivity index (χ2n) is 4.92. The van der Waals surface area contributed by atoms with Gasteiger partial charge >= 0.3 is 5.97 Å². The monoisotopic (exact) mass is 336 g/mol. The first-order valence-corrected chi connectivity index (χ1v) is 9.22. The molecule has 0 aliphatic rings. The molecule has 4 nitrogen and oxygen atoms in total. The predicted molar refractivity (Wildman–Crippen MR) is 89.6 cm³/mol. The molecule has 22 heavy (non-hydrogen) atoms. The Balaban J connectivity index is 2.28. The number of hydrogen-bond acceptors (Lipinski definition) is 3. The maximum atomic E-state index is 11.8. The van der Waals surface area contributed by atoms with Crippen LogP contribution in [0.4, 0.5) is 0 Å². The minimum Gasteiger partial charge on any atom is -0.481 e. The molecular formula is C16H16O4S2. The molecule has 0 saturated carbocycles. The molecule has 0 amide bonds. The molecule has 0 spiro atoms. The Hall–Kier alpha value is -1.76. The van der Waals surface area contributed by atoms with E-state index in [1.807, 2.05) is 42.5 Å². The van der Waals surface area contributed by atoms with E-state index in [0.29, 0.717) is 5.56 Å². The lowest BCUT2D eigenvalue weighted by Gasteiger charge is -2.16. The largest absolute Gasteiger partial charge is 0.481 e. The van der Waals surface area contributed by atoms with E-state index in [9.17, 15) is 13.6 Å². The van der Waals surface area contributed by atoms with Crippen LogP contribution in [0.3, 0.4) is 0 Å². The first-order chi connectivity index (χ1) is 10.4. The molecule has 6 heteroatoms. The molecule has 2 aromatic carbocycles. The molecule has 0 saturated heterocycles. The smallest absolute Gasteiger partial charge is 0.303 e. The number of hydrogen-bond donors (Lipinski definition) is 2. The summed E-state index contributed by atoms with van der Waals surface area (Å²) in [7, 11) is -3.52. The Kier molecular flexibility index (Phi) is 5.28. The second-order valence-corrected chi connectivity index (χ2v) is 7.96. The Morgan fingerprint density at radius 1 is 1.05 bits per heavy atom. The summed E-state index contributed by atoms with van der Waals surface area (Å²) in [6.07, 6.45) is -0.155. The van der Waals surface area contributed by atoms with Crippen LogP contribution in [0, 0.1) is 0 Å². The van der Waals surface area contributed by atoms with Crippen LogP contribution in [0.5, 0.6) is 0 Å². The Bertz CT molecular complexity index is 737. The van der Waals surface area contributed by atoms with Crippen molar-refractivity contribution < 1.29 is 18.7 Å². The summed E-state index contributed by atoms with van der Waals surface area (Å²) in [6, 6.07) is 16.9. The van der Waals surface area contributed by atoms with E-state index in [1.165, 1.54) is 0 Å². The summed E-state index contributed by atoms with van der Waals surface area (Å²) >= 11 is 4.66. The van der Waals surface area contributed by atoms with Crippen LogP contribution in [-0.4, -0.2) is 19.8 Å². The lowest BCUT2D eigenvalue weighted by Crippen LogP contribution is -2.13. The van der Waals surface area contributed by atoms with Crippen molar-refractivity contribution in [1.29, 1.82) is 0 Å². The fraction of sp³-hybridized carbons (Fsp3) is 0.188. The van der Waals surface area contributed by atoms with Crippen LogP contribution in [0.25, 0.3) is 11.1 Å². The molecule has 0 aliphatic heterocycles. The van der Waals surface area contributed by atoms with Gasteiger partial charge in [-0.2, -0.15) is 0 Å². The molecule has 2 atom stereocenters. The minimum atomic E-state index is -3.52. The third kappa shape index (κ3) is 4.37. The van der Waals surface area contributed by atoms with Gasteiger partial charge in [0.05, 0.1) is 5.25 Å². The van der Waals surface area contributed by atoms with Crippen LogP contribution >= 0.6 is 0 Å². The number of aliphatic carboxylic acids is 1. The lowest BCUT2D eigenvalue weighted by molar-refractivity contribution is -0.137. The van der Waals surface area contributed by atoms with E-state index in [2.05, 4.69) is 11.2 Å². The second kappa shape index (κ2) is 7.00. The number of carboxylic acid groups (broad SMARTS) is 1. The molecule has 2 rings (SSSR count). The number of carboxylic acids is 1. The normalized spacial score (nSPS) is 15.0. The molecule has 0 bridgehead atoms. The molecule has 0 aromatic heterocycles. The van der Waals surface area contributed by atoms with Crippen LogP contribution in [0.2, 0.25) is 0 Å². The van der Waals surface area contributed by atoms with Crippen LogP contribution in [0.15, 0.2) is 54.6 Å². The average molecular weight is 336 g/mol. The standard InChI is InChI=1S/C16H16O4S2/c17-16(18)11-10-15(22(19,20)21)14-8-6-13(7-9-14)12-4-2-1-3-5-12/h1-9,15H,10-11H2,(H,17,18)(H,19,20,21).